The van der Waals surface area contributed by atoms with Crippen molar-refractivity contribution in [2.45, 2.75) is 44.4 Å². The van der Waals surface area contributed by atoms with Gasteiger partial charge in [-0.15, -0.1) is 11.3 Å². The van der Waals surface area contributed by atoms with Crippen LogP contribution in [-0.4, -0.2) is 44.3 Å². The van der Waals surface area contributed by atoms with Crippen molar-refractivity contribution in [3.8, 4) is 10.4 Å². The minimum Gasteiger partial charge on any atom is -0.478 e. The van der Waals surface area contributed by atoms with Gasteiger partial charge in [0.2, 0.25) is 0 Å². The van der Waals surface area contributed by atoms with Crippen LogP contribution in [0.15, 0.2) is 60.9 Å². The van der Waals surface area contributed by atoms with Crippen molar-refractivity contribution in [2.24, 2.45) is 0 Å². The molecule has 0 aliphatic carbocycles. The number of hydrogen-bond donors (Lipinski definition) is 2. The van der Waals surface area contributed by atoms with Crippen molar-refractivity contribution in [2.75, 3.05) is 6.54 Å². The first-order valence-corrected chi connectivity index (χ1v) is 14.5. The first kappa shape index (κ1) is 28.5. The van der Waals surface area contributed by atoms with Crippen LogP contribution in [-0.2, 0) is 25.6 Å². The Labute approximate surface area is 248 Å². The summed E-state index contributed by atoms with van der Waals surface area (Å²) >= 11 is 1.28. The molecule has 1 fully saturated rings. The third-order valence-corrected chi connectivity index (χ3v) is 8.85. The molecule has 0 unspecified atom stereocenters. The third kappa shape index (κ3) is 5.50. The number of aromatic carboxylic acids is 1. The van der Waals surface area contributed by atoms with Crippen molar-refractivity contribution >= 4 is 29.1 Å². The normalized spacial score (nSPS) is 15.8. The van der Waals surface area contributed by atoms with Crippen LogP contribution in [0.3, 0.4) is 0 Å². The first-order valence-electron chi connectivity index (χ1n) is 13.7. The molecule has 43 heavy (non-hydrogen) atoms. The van der Waals surface area contributed by atoms with Crippen molar-refractivity contribution in [1.82, 2.24) is 20.2 Å². The van der Waals surface area contributed by atoms with E-state index in [4.69, 9.17) is 4.98 Å². The minimum atomic E-state index is -4.45. The Hall–Kier alpha value is -4.58. The summed E-state index contributed by atoms with van der Waals surface area (Å²) in [4.78, 5) is 50.6. The van der Waals surface area contributed by atoms with Gasteiger partial charge in [-0.2, -0.15) is 13.2 Å². The smallest absolute Gasteiger partial charge is 0.416 e. The predicted octanol–water partition coefficient (Wildman–Crippen LogP) is 5.93. The molecule has 0 radical (unpaired) electrons. The molecule has 3 aromatic heterocycles. The molecule has 2 N–H and O–H groups in total. The van der Waals surface area contributed by atoms with Gasteiger partial charge in [0.05, 0.1) is 46.2 Å². The molecule has 4 aromatic rings. The molecule has 2 aliphatic rings. The van der Waals surface area contributed by atoms with Gasteiger partial charge in [-0.25, -0.2) is 4.79 Å². The summed E-state index contributed by atoms with van der Waals surface area (Å²) in [6.07, 6.45) is 0.528. The number of carboxylic acids is 1. The highest BCUT2D eigenvalue weighted by Crippen LogP contribution is 2.46. The molecular weight excluding hydrogens is 581 g/mol. The lowest BCUT2D eigenvalue weighted by molar-refractivity contribution is -0.137. The van der Waals surface area contributed by atoms with E-state index in [9.17, 15) is 32.7 Å². The number of halogens is 3. The van der Waals surface area contributed by atoms with Crippen LogP contribution in [0.1, 0.15) is 77.3 Å². The molecule has 0 spiro atoms. The number of aromatic nitrogens is 2. The van der Waals surface area contributed by atoms with Gasteiger partial charge in [0.15, 0.2) is 0 Å². The zero-order chi connectivity index (χ0) is 30.3. The van der Waals surface area contributed by atoms with E-state index in [0.717, 1.165) is 23.4 Å². The Morgan fingerprint density at radius 2 is 1.86 bits per heavy atom. The van der Waals surface area contributed by atoms with Gasteiger partial charge in [-0.1, -0.05) is 12.1 Å². The summed E-state index contributed by atoms with van der Waals surface area (Å²) in [5, 5.41) is 13.2. The average molecular weight is 607 g/mol. The van der Waals surface area contributed by atoms with Crippen molar-refractivity contribution in [3.05, 3.63) is 105 Å². The Morgan fingerprint density at radius 3 is 2.56 bits per heavy atom. The van der Waals surface area contributed by atoms with Crippen LogP contribution < -0.4 is 5.32 Å². The summed E-state index contributed by atoms with van der Waals surface area (Å²) in [5.41, 5.74) is 1.57. The van der Waals surface area contributed by atoms with Crippen molar-refractivity contribution in [1.29, 1.82) is 0 Å². The molecular formula is C31H25F3N4O4S. The second kappa shape index (κ2) is 11.3. The first-order chi connectivity index (χ1) is 20.6. The summed E-state index contributed by atoms with van der Waals surface area (Å²) in [6.45, 7) is 0.746. The lowest BCUT2D eigenvalue weighted by Gasteiger charge is -2.16. The van der Waals surface area contributed by atoms with Crippen LogP contribution in [0.4, 0.5) is 13.2 Å². The highest BCUT2D eigenvalue weighted by Gasteiger charge is 2.44. The number of aryl methyl sites for hydroxylation is 2. The lowest BCUT2D eigenvalue weighted by Crippen LogP contribution is -2.23. The molecule has 220 valence electrons. The van der Waals surface area contributed by atoms with Gasteiger partial charge in [-0.3, -0.25) is 19.6 Å². The second-order valence-electron chi connectivity index (χ2n) is 10.4. The van der Waals surface area contributed by atoms with Crippen molar-refractivity contribution in [3.63, 3.8) is 0 Å². The average Bonchev–Trinajstić information content (AvgIpc) is 3.73. The highest BCUT2D eigenvalue weighted by atomic mass is 32.1. The third-order valence-electron chi connectivity index (χ3n) is 7.74. The molecule has 0 saturated carbocycles. The molecule has 12 heteroatoms. The number of fused-ring (bicyclic) bond motifs is 3. The molecule has 6 rings (SSSR count). The Kier molecular flexibility index (Phi) is 7.47. The lowest BCUT2D eigenvalue weighted by atomic mass is 9.93. The summed E-state index contributed by atoms with van der Waals surface area (Å²) in [6, 6.07) is 11.4. The van der Waals surface area contributed by atoms with Crippen molar-refractivity contribution < 1.29 is 32.7 Å². The standard InChI is InChI=1S/C31H25F3N4O4S/c32-31(33,34)19-8-5-17(6-9-19)7-11-21-24(30(41)42)25(26-27(37-21)22-4-2-14-38(22)29(26)40)23-12-10-20(43-23)16-36-28(39)18-3-1-13-35-15-18/h1,3,5-6,8-10,12-13,15,22H,2,4,7,11,14,16H2,(H,36,39)(H,41,42)/t22-/m0/s1. The van der Waals surface area contributed by atoms with E-state index in [0.29, 0.717) is 40.2 Å². The number of nitrogens with one attached hydrogen (secondary N) is 1. The van der Waals surface area contributed by atoms with Gasteiger partial charge in [0, 0.05) is 34.3 Å². The molecule has 5 heterocycles. The molecule has 2 amide bonds. The number of amides is 2. The van der Waals surface area contributed by atoms with Gasteiger partial charge in [-0.05, 0) is 67.6 Å². The number of carbonyl (C=O) groups is 3. The van der Waals surface area contributed by atoms with Gasteiger partial charge in [0.25, 0.3) is 11.8 Å². The van der Waals surface area contributed by atoms with E-state index < -0.39 is 17.7 Å². The number of alkyl halides is 3. The van der Waals surface area contributed by atoms with E-state index in [-0.39, 0.29) is 54.1 Å². The van der Waals surface area contributed by atoms with E-state index in [1.807, 2.05) is 0 Å². The number of nitrogens with zero attached hydrogens (tertiary/aromatic N) is 3. The van der Waals surface area contributed by atoms with Gasteiger partial charge >= 0.3 is 12.1 Å². The number of rotatable bonds is 8. The number of benzene rings is 1. The summed E-state index contributed by atoms with van der Waals surface area (Å²) in [5.74, 6) is -1.80. The number of hydrogen-bond acceptors (Lipinski definition) is 6. The van der Waals surface area contributed by atoms with Crippen LogP contribution >= 0.6 is 11.3 Å². The fourth-order valence-corrected chi connectivity index (χ4v) is 6.71. The molecule has 1 aromatic carbocycles. The van der Waals surface area contributed by atoms with Crippen LogP contribution in [0.2, 0.25) is 0 Å². The molecule has 2 aliphatic heterocycles. The number of carbonyl (C=O) groups excluding carboxylic acids is 2. The second-order valence-corrected chi connectivity index (χ2v) is 11.6. The monoisotopic (exact) mass is 606 g/mol. The molecule has 1 saturated heterocycles. The fraction of sp³-hybridized carbons (Fsp3) is 0.258. The Morgan fingerprint density at radius 1 is 1.07 bits per heavy atom. The zero-order valence-corrected chi connectivity index (χ0v) is 23.5. The minimum absolute atomic E-state index is 0.0898. The number of thiophene rings is 1. The SMILES string of the molecule is O=C(NCc1ccc(-c2c(C(=O)O)c(CCc3ccc(C(F)(F)F)cc3)nc3c2C(=O)N2CCC[C@@H]32)s1)c1cccnc1. The van der Waals surface area contributed by atoms with Gasteiger partial charge < -0.3 is 15.3 Å². The zero-order valence-electron chi connectivity index (χ0n) is 22.6. The maximum absolute atomic E-state index is 13.6. The molecule has 1 atom stereocenters. The van der Waals surface area contributed by atoms with Crippen LogP contribution in [0.5, 0.6) is 0 Å². The molecule has 8 nitrogen and oxygen atoms in total. The van der Waals surface area contributed by atoms with Gasteiger partial charge in [0.1, 0.15) is 0 Å². The van der Waals surface area contributed by atoms with Crippen LogP contribution in [0.25, 0.3) is 10.4 Å². The van der Waals surface area contributed by atoms with E-state index >= 15 is 0 Å². The summed E-state index contributed by atoms with van der Waals surface area (Å²) < 4.78 is 39.1. The number of carboxylic acid groups (broad SMARTS) is 1. The summed E-state index contributed by atoms with van der Waals surface area (Å²) in [7, 11) is 0. The maximum atomic E-state index is 13.6. The van der Waals surface area contributed by atoms with E-state index in [1.54, 1.807) is 35.4 Å². The van der Waals surface area contributed by atoms with Crippen LogP contribution in [0, 0.1) is 0 Å². The largest absolute Gasteiger partial charge is 0.478 e. The molecule has 0 bridgehead atoms. The Bertz CT molecular complexity index is 1720. The maximum Gasteiger partial charge on any atom is 0.416 e. The quantitative estimate of drug-likeness (QED) is 0.257. The Balaban J connectivity index is 1.35. The predicted molar refractivity (Wildman–Crippen MR) is 152 cm³/mol. The van der Waals surface area contributed by atoms with E-state index in [2.05, 4.69) is 10.3 Å². The number of pyridine rings is 2. The topological polar surface area (TPSA) is 112 Å². The highest BCUT2D eigenvalue weighted by molar-refractivity contribution is 7.15. The van der Waals surface area contributed by atoms with E-state index in [1.165, 1.54) is 29.7 Å². The fourth-order valence-electron chi connectivity index (χ4n) is 5.70.